The maximum Gasteiger partial charge on any atom is 0.418 e. The summed E-state index contributed by atoms with van der Waals surface area (Å²) in [6.07, 6.45) is -3.54. The number of carbonyl (C=O) groups is 1. The SMILES string of the molecule is O=C(Nc1ccc(Cl)cc1C(F)(F)F)c1c[nH]c2ccccc2c1=O. The number of rotatable bonds is 2. The molecule has 0 atom stereocenters. The van der Waals surface area contributed by atoms with Crippen LogP contribution in [0.15, 0.2) is 53.5 Å². The van der Waals surface area contributed by atoms with Gasteiger partial charge in [-0.05, 0) is 30.3 Å². The molecule has 8 heteroatoms. The number of alkyl halides is 3. The van der Waals surface area contributed by atoms with Crippen molar-refractivity contribution in [3.63, 3.8) is 0 Å². The van der Waals surface area contributed by atoms with Crippen LogP contribution >= 0.6 is 11.6 Å². The summed E-state index contributed by atoms with van der Waals surface area (Å²) >= 11 is 5.60. The summed E-state index contributed by atoms with van der Waals surface area (Å²) in [5.41, 5.74) is -1.91. The van der Waals surface area contributed by atoms with Crippen molar-refractivity contribution in [2.45, 2.75) is 6.18 Å². The Labute approximate surface area is 144 Å². The van der Waals surface area contributed by atoms with Crippen LogP contribution in [0.5, 0.6) is 0 Å². The lowest BCUT2D eigenvalue weighted by Gasteiger charge is -2.14. The molecule has 0 fully saturated rings. The zero-order valence-corrected chi connectivity index (χ0v) is 13.2. The van der Waals surface area contributed by atoms with Crippen LogP contribution in [0.1, 0.15) is 15.9 Å². The van der Waals surface area contributed by atoms with Gasteiger partial charge in [0.2, 0.25) is 5.43 Å². The van der Waals surface area contributed by atoms with E-state index in [9.17, 15) is 22.8 Å². The van der Waals surface area contributed by atoms with E-state index >= 15 is 0 Å². The number of hydrogen-bond donors (Lipinski definition) is 2. The van der Waals surface area contributed by atoms with Crippen LogP contribution < -0.4 is 10.7 Å². The van der Waals surface area contributed by atoms with Crippen molar-refractivity contribution >= 4 is 34.1 Å². The second-order valence-corrected chi connectivity index (χ2v) is 5.66. The van der Waals surface area contributed by atoms with Crippen molar-refractivity contribution in [3.8, 4) is 0 Å². The Hall–Kier alpha value is -2.80. The third-order valence-electron chi connectivity index (χ3n) is 3.57. The number of aromatic nitrogens is 1. The minimum Gasteiger partial charge on any atom is -0.360 e. The molecule has 0 aliphatic heterocycles. The fraction of sp³-hybridized carbons (Fsp3) is 0.0588. The second kappa shape index (κ2) is 6.25. The van der Waals surface area contributed by atoms with Crippen LogP contribution in [-0.2, 0) is 6.18 Å². The Morgan fingerprint density at radius 2 is 1.84 bits per heavy atom. The lowest BCUT2D eigenvalue weighted by atomic mass is 10.1. The summed E-state index contributed by atoms with van der Waals surface area (Å²) in [6, 6.07) is 9.48. The van der Waals surface area contributed by atoms with Crippen LogP contribution in [0.25, 0.3) is 10.9 Å². The van der Waals surface area contributed by atoms with Gasteiger partial charge in [-0.2, -0.15) is 13.2 Å². The number of pyridine rings is 1. The van der Waals surface area contributed by atoms with Crippen LogP contribution in [-0.4, -0.2) is 10.9 Å². The first-order chi connectivity index (χ1) is 11.8. The van der Waals surface area contributed by atoms with Crippen LogP contribution in [0.4, 0.5) is 18.9 Å². The second-order valence-electron chi connectivity index (χ2n) is 5.22. The summed E-state index contributed by atoms with van der Waals surface area (Å²) in [6.45, 7) is 0. The fourth-order valence-electron chi connectivity index (χ4n) is 2.39. The van der Waals surface area contributed by atoms with Gasteiger partial charge in [-0.15, -0.1) is 0 Å². The zero-order chi connectivity index (χ0) is 18.2. The van der Waals surface area contributed by atoms with Crippen molar-refractivity contribution in [3.05, 3.63) is 75.0 Å². The third-order valence-corrected chi connectivity index (χ3v) is 3.80. The number of H-pyrrole nitrogens is 1. The van der Waals surface area contributed by atoms with Crippen molar-refractivity contribution in [1.29, 1.82) is 0 Å². The molecule has 0 saturated carbocycles. The standard InChI is InChI=1S/C17H10ClF3N2O2/c18-9-5-6-14(12(7-9)17(19,20)21)23-16(25)11-8-22-13-4-2-1-3-10(13)15(11)24/h1-8H,(H,22,24)(H,23,25). The Kier molecular flexibility index (Phi) is 4.26. The van der Waals surface area contributed by atoms with Gasteiger partial charge >= 0.3 is 6.18 Å². The van der Waals surface area contributed by atoms with E-state index in [1.54, 1.807) is 18.2 Å². The summed E-state index contributed by atoms with van der Waals surface area (Å²) in [7, 11) is 0. The predicted molar refractivity (Wildman–Crippen MR) is 89.0 cm³/mol. The molecule has 1 amide bonds. The highest BCUT2D eigenvalue weighted by atomic mass is 35.5. The number of carbonyl (C=O) groups excluding carboxylic acids is 1. The van der Waals surface area contributed by atoms with E-state index in [-0.39, 0.29) is 16.0 Å². The lowest BCUT2D eigenvalue weighted by Crippen LogP contribution is -2.23. The van der Waals surface area contributed by atoms with E-state index in [1.807, 2.05) is 0 Å². The Balaban J connectivity index is 2.02. The van der Waals surface area contributed by atoms with Crippen molar-refractivity contribution in [1.82, 2.24) is 4.98 Å². The number of aromatic amines is 1. The minimum atomic E-state index is -4.71. The number of benzene rings is 2. The van der Waals surface area contributed by atoms with Crippen molar-refractivity contribution < 1.29 is 18.0 Å². The molecule has 0 bridgehead atoms. The van der Waals surface area contributed by atoms with Crippen LogP contribution in [0.2, 0.25) is 5.02 Å². The number of fused-ring (bicyclic) bond motifs is 1. The van der Waals surface area contributed by atoms with Gasteiger partial charge < -0.3 is 10.3 Å². The molecule has 25 heavy (non-hydrogen) atoms. The monoisotopic (exact) mass is 366 g/mol. The van der Waals surface area contributed by atoms with Crippen LogP contribution in [0.3, 0.4) is 0 Å². The highest BCUT2D eigenvalue weighted by molar-refractivity contribution is 6.30. The summed E-state index contributed by atoms with van der Waals surface area (Å²) in [5, 5.41) is 2.28. The molecule has 128 valence electrons. The van der Waals surface area contributed by atoms with Crippen molar-refractivity contribution in [2.24, 2.45) is 0 Å². The zero-order valence-electron chi connectivity index (χ0n) is 12.4. The van der Waals surface area contributed by atoms with E-state index in [0.717, 1.165) is 6.07 Å². The average molecular weight is 367 g/mol. The molecule has 1 heterocycles. The van der Waals surface area contributed by atoms with Gasteiger partial charge in [-0.25, -0.2) is 0 Å². The highest BCUT2D eigenvalue weighted by Crippen LogP contribution is 2.36. The van der Waals surface area contributed by atoms with E-state index < -0.39 is 28.8 Å². The summed E-state index contributed by atoms with van der Waals surface area (Å²) < 4.78 is 39.3. The first kappa shape index (κ1) is 17.0. The van der Waals surface area contributed by atoms with E-state index in [0.29, 0.717) is 11.6 Å². The van der Waals surface area contributed by atoms with Gasteiger partial charge in [0.1, 0.15) is 5.56 Å². The normalized spacial score (nSPS) is 11.5. The van der Waals surface area contributed by atoms with Gasteiger partial charge in [-0.3, -0.25) is 9.59 Å². The Morgan fingerprint density at radius 3 is 2.56 bits per heavy atom. The molecular weight excluding hydrogens is 357 g/mol. The molecule has 2 N–H and O–H groups in total. The number of para-hydroxylation sites is 1. The lowest BCUT2D eigenvalue weighted by molar-refractivity contribution is -0.136. The van der Waals surface area contributed by atoms with Gasteiger partial charge in [0, 0.05) is 22.1 Å². The van der Waals surface area contributed by atoms with Gasteiger partial charge in [0.15, 0.2) is 0 Å². The quantitative estimate of drug-likeness (QED) is 0.703. The number of amides is 1. The molecule has 4 nitrogen and oxygen atoms in total. The molecular formula is C17H10ClF3N2O2. The molecule has 0 aliphatic carbocycles. The fourth-order valence-corrected chi connectivity index (χ4v) is 2.56. The molecule has 0 radical (unpaired) electrons. The van der Waals surface area contributed by atoms with Gasteiger partial charge in [0.25, 0.3) is 5.91 Å². The number of nitrogens with one attached hydrogen (secondary N) is 2. The molecule has 0 spiro atoms. The average Bonchev–Trinajstić information content (AvgIpc) is 2.56. The third kappa shape index (κ3) is 3.36. The highest BCUT2D eigenvalue weighted by Gasteiger charge is 2.34. The predicted octanol–water partition coefficient (Wildman–Crippen LogP) is 4.45. The Bertz CT molecular complexity index is 1030. The first-order valence-electron chi connectivity index (χ1n) is 7.06. The van der Waals surface area contributed by atoms with Crippen molar-refractivity contribution in [2.75, 3.05) is 5.32 Å². The van der Waals surface area contributed by atoms with Gasteiger partial charge in [0.05, 0.1) is 11.3 Å². The molecule has 2 aromatic carbocycles. The molecule has 3 aromatic rings. The largest absolute Gasteiger partial charge is 0.418 e. The molecule has 0 aliphatic rings. The van der Waals surface area contributed by atoms with E-state index in [4.69, 9.17) is 11.6 Å². The first-order valence-corrected chi connectivity index (χ1v) is 7.43. The summed E-state index contributed by atoms with van der Waals surface area (Å²) in [4.78, 5) is 27.5. The molecule has 1 aromatic heterocycles. The topological polar surface area (TPSA) is 62.0 Å². The van der Waals surface area contributed by atoms with Gasteiger partial charge in [-0.1, -0.05) is 23.7 Å². The molecule has 0 saturated heterocycles. The smallest absolute Gasteiger partial charge is 0.360 e. The number of halogens is 4. The molecule has 3 rings (SSSR count). The minimum absolute atomic E-state index is 0.117. The maximum atomic E-state index is 13.1. The van der Waals surface area contributed by atoms with Crippen LogP contribution in [0, 0.1) is 0 Å². The summed E-state index contributed by atoms with van der Waals surface area (Å²) in [5.74, 6) is -0.945. The number of anilines is 1. The maximum absolute atomic E-state index is 13.1. The number of hydrogen-bond acceptors (Lipinski definition) is 2. The Morgan fingerprint density at radius 1 is 1.12 bits per heavy atom. The van der Waals surface area contributed by atoms with E-state index in [2.05, 4.69) is 10.3 Å². The molecule has 0 unspecified atom stereocenters. The van der Waals surface area contributed by atoms with E-state index in [1.165, 1.54) is 18.3 Å².